The van der Waals surface area contributed by atoms with Gasteiger partial charge in [0.15, 0.2) is 5.13 Å². The van der Waals surface area contributed by atoms with Crippen LogP contribution in [0.1, 0.15) is 13.8 Å². The van der Waals surface area contributed by atoms with E-state index in [2.05, 4.69) is 46.4 Å². The minimum Gasteiger partial charge on any atom is -0.378 e. The maximum absolute atomic E-state index is 11.6. The number of carbonyl (C=O) groups excluding carboxylic acids is 1. The van der Waals surface area contributed by atoms with Crippen LogP contribution in [0.2, 0.25) is 0 Å². The van der Waals surface area contributed by atoms with E-state index in [-0.39, 0.29) is 18.2 Å². The molecule has 0 spiro atoms. The van der Waals surface area contributed by atoms with Crippen LogP contribution in [0.4, 0.5) is 21.3 Å². The number of urea groups is 1. The number of morpholine rings is 2. The van der Waals surface area contributed by atoms with Gasteiger partial charge < -0.3 is 29.9 Å². The zero-order valence-corrected chi connectivity index (χ0v) is 20.7. The molecule has 34 heavy (non-hydrogen) atoms. The van der Waals surface area contributed by atoms with Crippen LogP contribution < -0.4 is 20.4 Å². The standard InChI is InChI=1S/C25H31N5O3S/c1-16-14-30(15-17(2)33-16)25-28-23-21(29-8-10-32-11-9-29)12-19(13-22(23)34-25)18-4-6-20(7-5-18)27-24(31)26-3/h4-7,12-13,16-17H,8-11,14-15H2,1-3H3,(H2,26,27,31)/t16-,17+. The number of nitrogens with zero attached hydrogens (tertiary/aromatic N) is 3. The Kier molecular flexibility index (Phi) is 6.58. The summed E-state index contributed by atoms with van der Waals surface area (Å²) in [6, 6.07) is 12.2. The van der Waals surface area contributed by atoms with Crippen molar-refractivity contribution in [1.29, 1.82) is 0 Å². The molecule has 0 saturated carbocycles. The Bertz CT molecular complexity index is 1150. The Balaban J connectivity index is 1.53. The summed E-state index contributed by atoms with van der Waals surface area (Å²) in [7, 11) is 1.60. The summed E-state index contributed by atoms with van der Waals surface area (Å²) in [5.74, 6) is 0. The first-order valence-corrected chi connectivity index (χ1v) is 12.6. The van der Waals surface area contributed by atoms with Gasteiger partial charge in [0.2, 0.25) is 0 Å². The maximum atomic E-state index is 11.6. The van der Waals surface area contributed by atoms with E-state index in [0.717, 1.165) is 72.5 Å². The Hall–Kier alpha value is -2.88. The lowest BCUT2D eigenvalue weighted by Gasteiger charge is -2.35. The molecular weight excluding hydrogens is 450 g/mol. The van der Waals surface area contributed by atoms with Crippen LogP contribution in [-0.4, -0.2) is 69.7 Å². The van der Waals surface area contributed by atoms with Gasteiger partial charge in [-0.25, -0.2) is 9.78 Å². The van der Waals surface area contributed by atoms with Crippen LogP contribution in [0.15, 0.2) is 36.4 Å². The molecule has 2 fully saturated rings. The molecule has 0 aliphatic carbocycles. The minimum atomic E-state index is -0.229. The molecular formula is C25H31N5O3S. The zero-order valence-electron chi connectivity index (χ0n) is 19.8. The molecule has 9 heteroatoms. The van der Waals surface area contributed by atoms with Crippen LogP contribution >= 0.6 is 11.3 Å². The summed E-state index contributed by atoms with van der Waals surface area (Å²) in [4.78, 5) is 21.5. The van der Waals surface area contributed by atoms with E-state index in [1.165, 1.54) is 4.70 Å². The van der Waals surface area contributed by atoms with Crippen molar-refractivity contribution in [3.8, 4) is 11.1 Å². The number of anilines is 3. The molecule has 5 rings (SSSR count). The Labute approximate surface area is 203 Å². The quantitative estimate of drug-likeness (QED) is 0.583. The van der Waals surface area contributed by atoms with Crippen molar-refractivity contribution in [2.24, 2.45) is 0 Å². The summed E-state index contributed by atoms with van der Waals surface area (Å²) in [5.41, 5.74) is 5.20. The molecule has 180 valence electrons. The molecule has 2 aliphatic heterocycles. The highest BCUT2D eigenvalue weighted by Crippen LogP contribution is 2.39. The van der Waals surface area contributed by atoms with Crippen LogP contribution in [0, 0.1) is 0 Å². The first kappa shape index (κ1) is 22.9. The largest absolute Gasteiger partial charge is 0.378 e. The molecule has 2 saturated heterocycles. The van der Waals surface area contributed by atoms with Gasteiger partial charge in [0.1, 0.15) is 5.52 Å². The van der Waals surface area contributed by atoms with Crippen molar-refractivity contribution < 1.29 is 14.3 Å². The predicted octanol–water partition coefficient (Wildman–Crippen LogP) is 4.16. The highest BCUT2D eigenvalue weighted by Gasteiger charge is 2.26. The highest BCUT2D eigenvalue weighted by molar-refractivity contribution is 7.22. The first-order chi connectivity index (χ1) is 16.5. The lowest BCUT2D eigenvalue weighted by molar-refractivity contribution is -0.00521. The fourth-order valence-electron chi connectivity index (χ4n) is 4.62. The van der Waals surface area contributed by atoms with Crippen molar-refractivity contribution >= 4 is 44.1 Å². The number of carbonyl (C=O) groups is 1. The van der Waals surface area contributed by atoms with Crippen LogP contribution in [0.25, 0.3) is 21.3 Å². The van der Waals surface area contributed by atoms with E-state index in [0.29, 0.717) is 0 Å². The number of rotatable bonds is 4. The molecule has 2 N–H and O–H groups in total. The maximum Gasteiger partial charge on any atom is 0.318 e. The van der Waals surface area contributed by atoms with E-state index in [9.17, 15) is 4.79 Å². The summed E-state index contributed by atoms with van der Waals surface area (Å²) in [5, 5.41) is 6.44. The predicted molar refractivity (Wildman–Crippen MR) is 138 cm³/mol. The summed E-state index contributed by atoms with van der Waals surface area (Å²) in [6.07, 6.45) is 0.374. The number of amides is 2. The molecule has 0 unspecified atom stereocenters. The average Bonchev–Trinajstić information content (AvgIpc) is 3.28. The number of aromatic nitrogens is 1. The monoisotopic (exact) mass is 481 g/mol. The third-order valence-corrected chi connectivity index (χ3v) is 7.27. The zero-order chi connectivity index (χ0) is 23.7. The molecule has 8 nitrogen and oxygen atoms in total. The Morgan fingerprint density at radius 2 is 1.74 bits per heavy atom. The molecule has 2 atom stereocenters. The normalized spacial score (nSPS) is 21.0. The van der Waals surface area contributed by atoms with Gasteiger partial charge in [-0.1, -0.05) is 23.5 Å². The van der Waals surface area contributed by atoms with Crippen LogP contribution in [-0.2, 0) is 9.47 Å². The van der Waals surface area contributed by atoms with E-state index in [1.54, 1.807) is 18.4 Å². The third-order valence-electron chi connectivity index (χ3n) is 6.21. The van der Waals surface area contributed by atoms with Gasteiger partial charge in [-0.05, 0) is 49.2 Å². The van der Waals surface area contributed by atoms with Crippen molar-refractivity contribution in [3.63, 3.8) is 0 Å². The molecule has 0 bridgehead atoms. The second-order valence-electron chi connectivity index (χ2n) is 8.88. The summed E-state index contributed by atoms with van der Waals surface area (Å²) >= 11 is 1.75. The minimum absolute atomic E-state index is 0.187. The first-order valence-electron chi connectivity index (χ1n) is 11.8. The second-order valence-corrected chi connectivity index (χ2v) is 9.89. The van der Waals surface area contributed by atoms with Gasteiger partial charge >= 0.3 is 6.03 Å². The lowest BCUT2D eigenvalue weighted by atomic mass is 10.0. The van der Waals surface area contributed by atoms with Crippen molar-refractivity contribution in [3.05, 3.63) is 36.4 Å². The van der Waals surface area contributed by atoms with Gasteiger partial charge in [-0.3, -0.25) is 0 Å². The number of hydrogen-bond acceptors (Lipinski definition) is 7. The van der Waals surface area contributed by atoms with Gasteiger partial charge in [-0.2, -0.15) is 0 Å². The number of hydrogen-bond donors (Lipinski definition) is 2. The van der Waals surface area contributed by atoms with E-state index in [4.69, 9.17) is 14.5 Å². The smallest absolute Gasteiger partial charge is 0.318 e. The van der Waals surface area contributed by atoms with Gasteiger partial charge in [0, 0.05) is 38.9 Å². The Morgan fingerprint density at radius 3 is 2.41 bits per heavy atom. The van der Waals surface area contributed by atoms with E-state index in [1.807, 2.05) is 24.3 Å². The molecule has 0 radical (unpaired) electrons. The number of nitrogens with one attached hydrogen (secondary N) is 2. The molecule has 3 aromatic rings. The fraction of sp³-hybridized carbons (Fsp3) is 0.440. The van der Waals surface area contributed by atoms with Gasteiger partial charge in [0.05, 0.1) is 35.8 Å². The topological polar surface area (TPSA) is 79.0 Å². The molecule has 2 amide bonds. The number of ether oxygens (including phenoxy) is 2. The fourth-order valence-corrected chi connectivity index (χ4v) is 5.67. The van der Waals surface area contributed by atoms with Crippen LogP contribution in [0.3, 0.4) is 0 Å². The molecule has 2 aliphatic rings. The number of fused-ring (bicyclic) bond motifs is 1. The van der Waals surface area contributed by atoms with E-state index < -0.39 is 0 Å². The van der Waals surface area contributed by atoms with Crippen molar-refractivity contribution in [2.75, 3.05) is 61.6 Å². The Morgan fingerprint density at radius 1 is 1.03 bits per heavy atom. The highest BCUT2D eigenvalue weighted by atomic mass is 32.1. The van der Waals surface area contributed by atoms with Crippen LogP contribution in [0.5, 0.6) is 0 Å². The number of benzene rings is 2. The second kappa shape index (κ2) is 9.77. The summed E-state index contributed by atoms with van der Waals surface area (Å²) in [6.45, 7) is 9.10. The molecule has 1 aromatic heterocycles. The van der Waals surface area contributed by atoms with Gasteiger partial charge in [0.25, 0.3) is 0 Å². The SMILES string of the molecule is CNC(=O)Nc1ccc(-c2cc(N3CCOCC3)c3nc(N4C[C@@H](C)O[C@@H](C)C4)sc3c2)cc1. The number of thiazole rings is 1. The van der Waals surface area contributed by atoms with Gasteiger partial charge in [-0.15, -0.1) is 0 Å². The van der Waals surface area contributed by atoms with Crippen molar-refractivity contribution in [2.45, 2.75) is 26.1 Å². The molecule has 3 heterocycles. The molecule has 2 aromatic carbocycles. The van der Waals surface area contributed by atoms with Crippen molar-refractivity contribution in [1.82, 2.24) is 10.3 Å². The summed E-state index contributed by atoms with van der Waals surface area (Å²) < 4.78 is 12.7. The lowest BCUT2D eigenvalue weighted by Crippen LogP contribution is -2.45. The average molecular weight is 482 g/mol. The van der Waals surface area contributed by atoms with E-state index >= 15 is 0 Å². The third kappa shape index (κ3) is 4.82.